The Hall–Kier alpha value is -2.43. The highest BCUT2D eigenvalue weighted by Crippen LogP contribution is 2.35. The van der Waals surface area contributed by atoms with Crippen molar-refractivity contribution in [1.82, 2.24) is 4.98 Å². The Labute approximate surface area is 106 Å². The van der Waals surface area contributed by atoms with E-state index in [9.17, 15) is 18.4 Å². The van der Waals surface area contributed by atoms with Gasteiger partial charge in [-0.2, -0.15) is 8.78 Å². The number of alkyl halides is 2. The number of hydrogen-bond acceptors (Lipinski definition) is 3. The van der Waals surface area contributed by atoms with E-state index in [2.05, 4.69) is 4.98 Å². The van der Waals surface area contributed by atoms with Crippen LogP contribution in [0.25, 0.3) is 16.3 Å². The number of fused-ring (bicyclic) bond motifs is 1. The van der Waals surface area contributed by atoms with Crippen molar-refractivity contribution in [2.75, 3.05) is 0 Å². The van der Waals surface area contributed by atoms with Gasteiger partial charge in [0.1, 0.15) is 0 Å². The first-order valence-corrected chi connectivity index (χ1v) is 5.54. The molecule has 1 aromatic carbocycles. The van der Waals surface area contributed by atoms with Crippen LogP contribution in [-0.4, -0.2) is 22.5 Å². The van der Waals surface area contributed by atoms with Crippen LogP contribution in [0.3, 0.4) is 0 Å². The van der Waals surface area contributed by atoms with Gasteiger partial charge in [0.05, 0.1) is 11.3 Å². The normalized spacial score (nSPS) is 17.9. The molecule has 3 nitrogen and oxygen atoms in total. The average Bonchev–Trinajstić information content (AvgIpc) is 2.62. The number of ketones is 2. The van der Waals surface area contributed by atoms with E-state index in [1.54, 1.807) is 30.3 Å². The summed E-state index contributed by atoms with van der Waals surface area (Å²) in [6, 6.07) is 8.66. The van der Waals surface area contributed by atoms with Crippen molar-refractivity contribution in [2.24, 2.45) is 0 Å². The summed E-state index contributed by atoms with van der Waals surface area (Å²) < 4.78 is 26.6. The lowest BCUT2D eigenvalue weighted by Gasteiger charge is -2.07. The molecule has 0 radical (unpaired) electrons. The number of rotatable bonds is 1. The molecule has 1 heterocycles. The molecule has 0 unspecified atom stereocenters. The van der Waals surface area contributed by atoms with Crippen molar-refractivity contribution in [3.05, 3.63) is 48.3 Å². The lowest BCUT2D eigenvalue weighted by molar-refractivity contribution is -0.147. The molecule has 0 amide bonds. The number of carbonyl (C=O) groups is 2. The van der Waals surface area contributed by atoms with Gasteiger partial charge in [0.25, 0.3) is 0 Å². The summed E-state index contributed by atoms with van der Waals surface area (Å²) in [5.41, 5.74) is -0.208. The van der Waals surface area contributed by atoms with Gasteiger partial charge in [-0.25, -0.2) is 0 Å². The second-order valence-electron chi connectivity index (χ2n) is 4.21. The third-order valence-corrected chi connectivity index (χ3v) is 3.04. The quantitative estimate of drug-likeness (QED) is 0.739. The molecule has 94 valence electrons. The van der Waals surface area contributed by atoms with E-state index in [0.717, 1.165) is 5.39 Å². The summed E-state index contributed by atoms with van der Waals surface area (Å²) in [6.45, 7) is 0. The van der Waals surface area contributed by atoms with Crippen molar-refractivity contribution in [2.45, 2.75) is 5.92 Å². The Bertz CT molecular complexity index is 745. The molecule has 0 aliphatic heterocycles. The van der Waals surface area contributed by atoms with Gasteiger partial charge in [-0.05, 0) is 11.5 Å². The van der Waals surface area contributed by atoms with Crippen LogP contribution in [0.2, 0.25) is 0 Å². The second kappa shape index (κ2) is 3.78. The highest BCUT2D eigenvalue weighted by molar-refractivity contribution is 6.41. The fourth-order valence-corrected chi connectivity index (χ4v) is 2.08. The van der Waals surface area contributed by atoms with Gasteiger partial charge in [-0.15, -0.1) is 0 Å². The highest BCUT2D eigenvalue weighted by atomic mass is 19.3. The number of hydrogen-bond donors (Lipinski definition) is 0. The highest BCUT2D eigenvalue weighted by Gasteiger charge is 2.52. The first-order chi connectivity index (χ1) is 9.01. The fraction of sp³-hybridized carbons (Fsp3) is 0.0714. The van der Waals surface area contributed by atoms with Crippen LogP contribution in [0.4, 0.5) is 8.78 Å². The van der Waals surface area contributed by atoms with Crippen LogP contribution in [-0.2, 0) is 9.59 Å². The molecule has 2 aromatic rings. The monoisotopic (exact) mass is 259 g/mol. The van der Waals surface area contributed by atoms with E-state index in [0.29, 0.717) is 11.5 Å². The molecule has 0 N–H and O–H groups in total. The van der Waals surface area contributed by atoms with Crippen molar-refractivity contribution >= 4 is 27.9 Å². The molecule has 0 saturated carbocycles. The smallest absolute Gasteiger partial charge is 0.287 e. The molecule has 5 heteroatoms. The molecule has 1 aliphatic carbocycles. The Balaban J connectivity index is 2.25. The largest absolute Gasteiger partial charge is 0.370 e. The summed E-state index contributed by atoms with van der Waals surface area (Å²) in [4.78, 5) is 26.7. The molecule has 0 spiro atoms. The van der Waals surface area contributed by atoms with Crippen LogP contribution >= 0.6 is 0 Å². The van der Waals surface area contributed by atoms with Gasteiger partial charge in [0.15, 0.2) is 0 Å². The van der Waals surface area contributed by atoms with Gasteiger partial charge in [0.2, 0.25) is 11.6 Å². The minimum absolute atomic E-state index is 0.119. The number of halogens is 2. The van der Waals surface area contributed by atoms with E-state index in [-0.39, 0.29) is 11.3 Å². The van der Waals surface area contributed by atoms with Crippen molar-refractivity contribution in [1.29, 1.82) is 0 Å². The van der Waals surface area contributed by atoms with Gasteiger partial charge in [0, 0.05) is 17.7 Å². The van der Waals surface area contributed by atoms with Gasteiger partial charge < -0.3 is 0 Å². The third kappa shape index (κ3) is 1.58. The number of carbonyl (C=O) groups excluding carboxylic acids is 2. The number of nitrogens with zero attached hydrogens (tertiary/aromatic N) is 1. The molecule has 19 heavy (non-hydrogen) atoms. The number of Topliss-reactive ketones (excluding diaryl/α,β-unsaturated/α-hetero) is 1. The van der Waals surface area contributed by atoms with Crippen LogP contribution in [0.15, 0.2) is 42.6 Å². The van der Waals surface area contributed by atoms with Gasteiger partial charge in [-0.1, -0.05) is 24.3 Å². The van der Waals surface area contributed by atoms with Crippen LogP contribution in [0.1, 0.15) is 5.69 Å². The van der Waals surface area contributed by atoms with E-state index < -0.39 is 17.5 Å². The minimum atomic E-state index is -3.96. The molecular formula is C14H7F2NO2. The number of aromatic nitrogens is 1. The Morgan fingerprint density at radius 2 is 1.79 bits per heavy atom. The predicted molar refractivity (Wildman–Crippen MR) is 64.7 cm³/mol. The molecule has 0 atom stereocenters. The van der Waals surface area contributed by atoms with Crippen LogP contribution in [0, 0.1) is 0 Å². The number of benzene rings is 1. The fourth-order valence-electron chi connectivity index (χ4n) is 2.08. The lowest BCUT2D eigenvalue weighted by Crippen LogP contribution is -2.31. The Kier molecular flexibility index (Phi) is 2.32. The van der Waals surface area contributed by atoms with E-state index >= 15 is 0 Å². The summed E-state index contributed by atoms with van der Waals surface area (Å²) in [5, 5.41) is 1.33. The average molecular weight is 259 g/mol. The van der Waals surface area contributed by atoms with Crippen LogP contribution < -0.4 is 0 Å². The number of allylic oxidation sites excluding steroid dienone is 2. The van der Waals surface area contributed by atoms with Crippen LogP contribution in [0.5, 0.6) is 0 Å². The third-order valence-electron chi connectivity index (χ3n) is 3.04. The topological polar surface area (TPSA) is 47.0 Å². The molecule has 1 aliphatic rings. The zero-order valence-corrected chi connectivity index (χ0v) is 9.56. The molecule has 1 aromatic heterocycles. The predicted octanol–water partition coefficient (Wildman–Crippen LogP) is 2.41. The summed E-state index contributed by atoms with van der Waals surface area (Å²) in [5.74, 6) is -6.93. The molecule has 0 bridgehead atoms. The van der Waals surface area contributed by atoms with E-state index in [1.807, 2.05) is 0 Å². The zero-order chi connectivity index (χ0) is 13.6. The molecular weight excluding hydrogens is 252 g/mol. The maximum atomic E-state index is 13.3. The SMILES string of the molecule is O=C1C=C(c2nccc3ccccc23)C(=O)C1(F)F. The van der Waals surface area contributed by atoms with Crippen molar-refractivity contribution < 1.29 is 18.4 Å². The molecule has 0 fully saturated rings. The first-order valence-electron chi connectivity index (χ1n) is 5.54. The Morgan fingerprint density at radius 3 is 2.47 bits per heavy atom. The van der Waals surface area contributed by atoms with E-state index in [4.69, 9.17) is 0 Å². The molecule has 3 rings (SSSR count). The van der Waals surface area contributed by atoms with E-state index in [1.165, 1.54) is 6.20 Å². The lowest BCUT2D eigenvalue weighted by atomic mass is 10.0. The summed E-state index contributed by atoms with van der Waals surface area (Å²) in [7, 11) is 0. The minimum Gasteiger partial charge on any atom is -0.287 e. The second-order valence-corrected chi connectivity index (χ2v) is 4.21. The summed E-state index contributed by atoms with van der Waals surface area (Å²) in [6.07, 6.45) is 2.10. The maximum absolute atomic E-state index is 13.3. The first kappa shape index (κ1) is 11.6. The molecule has 0 saturated heterocycles. The maximum Gasteiger partial charge on any atom is 0.370 e. The number of pyridine rings is 1. The van der Waals surface area contributed by atoms with Crippen molar-refractivity contribution in [3.63, 3.8) is 0 Å². The zero-order valence-electron chi connectivity index (χ0n) is 9.56. The van der Waals surface area contributed by atoms with Crippen molar-refractivity contribution in [3.8, 4) is 0 Å². The summed E-state index contributed by atoms with van der Waals surface area (Å²) >= 11 is 0. The van der Waals surface area contributed by atoms with Gasteiger partial charge >= 0.3 is 5.92 Å². The van der Waals surface area contributed by atoms with Gasteiger partial charge in [-0.3, -0.25) is 14.6 Å². The Morgan fingerprint density at radius 1 is 1.05 bits per heavy atom. The standard InChI is InChI=1S/C14H7F2NO2/c15-14(16)11(18)7-10(13(14)19)12-9-4-2-1-3-8(9)5-6-17-12/h1-7H.